The zero-order chi connectivity index (χ0) is 23.8. The highest BCUT2D eigenvalue weighted by molar-refractivity contribution is 6.08. The van der Waals surface area contributed by atoms with Crippen molar-refractivity contribution >= 4 is 45.6 Å². The molecule has 6 nitrogen and oxygen atoms in total. The minimum atomic E-state index is -4.75. The van der Waals surface area contributed by atoms with Crippen LogP contribution in [-0.2, 0) is 20.6 Å². The second-order valence-corrected chi connectivity index (χ2v) is 7.83. The second-order valence-electron chi connectivity index (χ2n) is 7.83. The fourth-order valence-electron chi connectivity index (χ4n) is 3.96. The van der Waals surface area contributed by atoms with Gasteiger partial charge < -0.3 is 15.5 Å². The first kappa shape index (κ1) is 22.3. The molecule has 1 fully saturated rings. The number of amides is 3. The molecule has 0 aliphatic carbocycles. The molecular weight excluding hydrogens is 435 g/mol. The number of nitrogens with zero attached hydrogens (tertiary/aromatic N) is 1. The minimum Gasteiger partial charge on any atom is -0.326 e. The molecule has 1 saturated heterocycles. The number of hydrogen-bond acceptors (Lipinski definition) is 3. The molecule has 3 amide bonds. The lowest BCUT2D eigenvalue weighted by Crippen LogP contribution is -2.28. The van der Waals surface area contributed by atoms with Crippen LogP contribution in [0, 0.1) is 5.92 Å². The van der Waals surface area contributed by atoms with Crippen molar-refractivity contribution in [2.24, 2.45) is 5.92 Å². The molecule has 0 aromatic heterocycles. The number of hydrogen-bond donors (Lipinski definition) is 2. The first-order chi connectivity index (χ1) is 15.6. The highest BCUT2D eigenvalue weighted by Gasteiger charge is 2.38. The molecule has 1 unspecified atom stereocenters. The SMILES string of the molecule is CC(=O)Nc1ccc(NC(=O)C2CC(=O)N(c3cccc4ccccc34)C2)c(C(F)(F)F)c1. The Labute approximate surface area is 187 Å². The first-order valence-electron chi connectivity index (χ1n) is 10.2. The predicted octanol–water partition coefficient (Wildman–Crippen LogP) is 4.81. The first-order valence-corrected chi connectivity index (χ1v) is 10.2. The maximum absolute atomic E-state index is 13.6. The molecule has 0 spiro atoms. The van der Waals surface area contributed by atoms with Crippen LogP contribution in [0.3, 0.4) is 0 Å². The predicted molar refractivity (Wildman–Crippen MR) is 119 cm³/mol. The number of fused-ring (bicyclic) bond motifs is 1. The lowest BCUT2D eigenvalue weighted by atomic mass is 10.1. The van der Waals surface area contributed by atoms with Crippen molar-refractivity contribution in [3.63, 3.8) is 0 Å². The third kappa shape index (κ3) is 4.67. The summed E-state index contributed by atoms with van der Waals surface area (Å²) in [6.45, 7) is 1.24. The average molecular weight is 455 g/mol. The molecule has 1 heterocycles. The number of carbonyl (C=O) groups excluding carboxylic acids is 3. The van der Waals surface area contributed by atoms with E-state index in [9.17, 15) is 27.6 Å². The van der Waals surface area contributed by atoms with Crippen molar-refractivity contribution in [3.05, 3.63) is 66.2 Å². The van der Waals surface area contributed by atoms with Gasteiger partial charge in [-0.3, -0.25) is 14.4 Å². The topological polar surface area (TPSA) is 78.5 Å². The van der Waals surface area contributed by atoms with Gasteiger partial charge in [-0.1, -0.05) is 36.4 Å². The normalized spacial score (nSPS) is 16.2. The molecule has 1 aliphatic rings. The molecule has 3 aromatic rings. The molecule has 33 heavy (non-hydrogen) atoms. The maximum atomic E-state index is 13.6. The van der Waals surface area contributed by atoms with Crippen LogP contribution in [0.5, 0.6) is 0 Å². The van der Waals surface area contributed by atoms with Gasteiger partial charge in [0, 0.05) is 31.0 Å². The standard InChI is InChI=1S/C24H20F3N3O3/c1-14(31)28-17-9-10-20(19(12-17)24(25,26)27)29-23(33)16-11-22(32)30(13-16)21-8-4-6-15-5-2-3-7-18(15)21/h2-10,12,16H,11,13H2,1H3,(H,28,31)(H,29,33). The number of anilines is 3. The molecule has 3 aromatic carbocycles. The summed E-state index contributed by atoms with van der Waals surface area (Å²) in [6.07, 6.45) is -4.86. The Morgan fingerprint density at radius 1 is 1.00 bits per heavy atom. The minimum absolute atomic E-state index is 0.0361. The highest BCUT2D eigenvalue weighted by atomic mass is 19.4. The zero-order valence-electron chi connectivity index (χ0n) is 17.6. The van der Waals surface area contributed by atoms with E-state index in [0.717, 1.165) is 22.9 Å². The van der Waals surface area contributed by atoms with Crippen LogP contribution in [0.4, 0.5) is 30.2 Å². The van der Waals surface area contributed by atoms with Crippen LogP contribution in [0.15, 0.2) is 60.7 Å². The van der Waals surface area contributed by atoms with Crippen molar-refractivity contribution in [1.82, 2.24) is 0 Å². The van der Waals surface area contributed by atoms with Gasteiger partial charge in [-0.25, -0.2) is 0 Å². The average Bonchev–Trinajstić information content (AvgIpc) is 3.15. The molecule has 9 heteroatoms. The van der Waals surface area contributed by atoms with E-state index < -0.39 is 35.2 Å². The van der Waals surface area contributed by atoms with Crippen molar-refractivity contribution in [2.75, 3.05) is 22.1 Å². The summed E-state index contributed by atoms with van der Waals surface area (Å²) in [4.78, 5) is 38.2. The smallest absolute Gasteiger partial charge is 0.326 e. The van der Waals surface area contributed by atoms with E-state index in [-0.39, 0.29) is 24.6 Å². The Morgan fingerprint density at radius 2 is 1.73 bits per heavy atom. The highest BCUT2D eigenvalue weighted by Crippen LogP contribution is 2.37. The Hall–Kier alpha value is -3.88. The van der Waals surface area contributed by atoms with Gasteiger partial charge in [0.25, 0.3) is 0 Å². The molecular formula is C24H20F3N3O3. The summed E-state index contributed by atoms with van der Waals surface area (Å²) in [5, 5.41) is 6.40. The Bertz CT molecular complexity index is 1250. The van der Waals surface area contributed by atoms with Gasteiger partial charge in [-0.2, -0.15) is 13.2 Å². The largest absolute Gasteiger partial charge is 0.418 e. The van der Waals surface area contributed by atoms with Crippen LogP contribution in [0.25, 0.3) is 10.8 Å². The van der Waals surface area contributed by atoms with Gasteiger partial charge in [-0.05, 0) is 29.7 Å². The van der Waals surface area contributed by atoms with E-state index in [2.05, 4.69) is 10.6 Å². The van der Waals surface area contributed by atoms with E-state index in [1.165, 1.54) is 17.9 Å². The third-order valence-corrected chi connectivity index (χ3v) is 5.46. The Kier molecular flexibility index (Phi) is 5.80. The van der Waals surface area contributed by atoms with Crippen LogP contribution in [0.1, 0.15) is 18.9 Å². The van der Waals surface area contributed by atoms with Crippen LogP contribution in [-0.4, -0.2) is 24.3 Å². The molecule has 0 radical (unpaired) electrons. The summed E-state index contributed by atoms with van der Waals surface area (Å²) in [5.41, 5.74) is -0.898. The molecule has 1 atom stereocenters. The van der Waals surface area contributed by atoms with Crippen LogP contribution in [0.2, 0.25) is 0 Å². The molecule has 170 valence electrons. The van der Waals surface area contributed by atoms with Gasteiger partial charge in [0.05, 0.1) is 22.9 Å². The Balaban J connectivity index is 1.56. The number of nitrogens with one attached hydrogen (secondary N) is 2. The van der Waals surface area contributed by atoms with Crippen molar-refractivity contribution in [2.45, 2.75) is 19.5 Å². The number of rotatable bonds is 4. The van der Waals surface area contributed by atoms with E-state index in [1.54, 1.807) is 6.07 Å². The van der Waals surface area contributed by atoms with Crippen molar-refractivity contribution < 1.29 is 27.6 Å². The fourth-order valence-corrected chi connectivity index (χ4v) is 3.96. The number of carbonyl (C=O) groups is 3. The summed E-state index contributed by atoms with van der Waals surface area (Å²) in [7, 11) is 0. The quantitative estimate of drug-likeness (QED) is 0.593. The Morgan fingerprint density at radius 3 is 2.45 bits per heavy atom. The van der Waals surface area contributed by atoms with E-state index in [0.29, 0.717) is 5.69 Å². The maximum Gasteiger partial charge on any atom is 0.418 e. The zero-order valence-corrected chi connectivity index (χ0v) is 17.6. The third-order valence-electron chi connectivity index (χ3n) is 5.46. The van der Waals surface area contributed by atoms with Crippen molar-refractivity contribution in [3.8, 4) is 0 Å². The lowest BCUT2D eigenvalue weighted by molar-refractivity contribution is -0.137. The van der Waals surface area contributed by atoms with Crippen LogP contribution < -0.4 is 15.5 Å². The monoisotopic (exact) mass is 455 g/mol. The summed E-state index contributed by atoms with van der Waals surface area (Å²) < 4.78 is 40.7. The van der Waals surface area contributed by atoms with Crippen LogP contribution >= 0.6 is 0 Å². The second kappa shape index (κ2) is 8.57. The van der Waals surface area contributed by atoms with E-state index >= 15 is 0 Å². The van der Waals surface area contributed by atoms with Gasteiger partial charge in [-0.15, -0.1) is 0 Å². The van der Waals surface area contributed by atoms with Gasteiger partial charge in [0.1, 0.15) is 0 Å². The number of halogens is 3. The molecule has 0 bridgehead atoms. The summed E-state index contributed by atoms with van der Waals surface area (Å²) in [5.74, 6) is -2.28. The number of alkyl halides is 3. The van der Waals surface area contributed by atoms with E-state index in [1.807, 2.05) is 36.4 Å². The van der Waals surface area contributed by atoms with Gasteiger partial charge in [0.15, 0.2) is 0 Å². The molecule has 0 saturated carbocycles. The van der Waals surface area contributed by atoms with E-state index in [4.69, 9.17) is 0 Å². The molecule has 1 aliphatic heterocycles. The molecule has 4 rings (SSSR count). The number of benzene rings is 3. The molecule has 2 N–H and O–H groups in total. The summed E-state index contributed by atoms with van der Waals surface area (Å²) in [6, 6.07) is 16.1. The van der Waals surface area contributed by atoms with Gasteiger partial charge in [0.2, 0.25) is 17.7 Å². The fraction of sp³-hybridized carbons (Fsp3) is 0.208. The van der Waals surface area contributed by atoms with Gasteiger partial charge >= 0.3 is 6.18 Å². The summed E-state index contributed by atoms with van der Waals surface area (Å²) >= 11 is 0. The lowest BCUT2D eigenvalue weighted by Gasteiger charge is -2.20. The van der Waals surface area contributed by atoms with Crippen molar-refractivity contribution in [1.29, 1.82) is 0 Å².